The zero-order chi connectivity index (χ0) is 19.1. The number of aryl methyl sites for hydroxylation is 1. The number of carbonyl (C=O) groups is 1. The van der Waals surface area contributed by atoms with Gasteiger partial charge in [0.05, 0.1) is 10.4 Å². The zero-order valence-corrected chi connectivity index (χ0v) is 16.9. The van der Waals surface area contributed by atoms with Crippen molar-refractivity contribution in [1.29, 1.82) is 0 Å². The number of thiazole rings is 1. The number of hydrogen-bond acceptors (Lipinski definition) is 5. The Morgan fingerprint density at radius 2 is 1.85 bits per heavy atom. The summed E-state index contributed by atoms with van der Waals surface area (Å²) in [4.78, 5) is 18.4. The van der Waals surface area contributed by atoms with Gasteiger partial charge in [0.2, 0.25) is 15.9 Å². The van der Waals surface area contributed by atoms with E-state index in [1.165, 1.54) is 11.3 Å². The fraction of sp³-hybridized carbons (Fsp3) is 0.474. The highest BCUT2D eigenvalue weighted by molar-refractivity contribution is 7.89. The Kier molecular flexibility index (Phi) is 4.82. The second kappa shape index (κ2) is 7.00. The van der Waals surface area contributed by atoms with E-state index in [2.05, 4.69) is 9.71 Å². The van der Waals surface area contributed by atoms with E-state index in [-0.39, 0.29) is 10.8 Å². The van der Waals surface area contributed by atoms with Crippen LogP contribution < -0.4 is 9.62 Å². The van der Waals surface area contributed by atoms with Crippen LogP contribution in [0.5, 0.6) is 0 Å². The molecule has 0 bridgehead atoms. The van der Waals surface area contributed by atoms with E-state index in [1.807, 2.05) is 12.3 Å². The highest BCUT2D eigenvalue weighted by Gasteiger charge is 2.42. The van der Waals surface area contributed by atoms with Crippen molar-refractivity contribution in [3.63, 3.8) is 0 Å². The van der Waals surface area contributed by atoms with Gasteiger partial charge in [0.15, 0.2) is 0 Å². The minimum atomic E-state index is -3.68. The monoisotopic (exact) mass is 405 g/mol. The summed E-state index contributed by atoms with van der Waals surface area (Å²) >= 11 is 1.52. The molecule has 0 atom stereocenters. The molecule has 2 fully saturated rings. The first-order chi connectivity index (χ1) is 12.9. The van der Waals surface area contributed by atoms with Crippen LogP contribution in [-0.4, -0.2) is 25.9 Å². The van der Waals surface area contributed by atoms with Crippen LogP contribution in [0.3, 0.4) is 0 Å². The van der Waals surface area contributed by atoms with Crippen LogP contribution >= 0.6 is 11.3 Å². The molecule has 1 aromatic heterocycles. The molecular weight excluding hydrogens is 382 g/mol. The number of benzene rings is 1. The van der Waals surface area contributed by atoms with Crippen LogP contribution in [0.2, 0.25) is 0 Å². The Hall–Kier alpha value is -1.77. The molecule has 1 aliphatic carbocycles. The smallest absolute Gasteiger partial charge is 0.241 e. The van der Waals surface area contributed by atoms with Gasteiger partial charge in [-0.2, -0.15) is 4.72 Å². The quantitative estimate of drug-likeness (QED) is 0.828. The molecule has 1 saturated heterocycles. The number of nitrogens with zero attached hydrogens (tertiary/aromatic N) is 2. The van der Waals surface area contributed by atoms with Crippen LogP contribution in [0.15, 0.2) is 34.5 Å². The molecule has 4 rings (SSSR count). The first-order valence-electron chi connectivity index (χ1n) is 9.27. The lowest BCUT2D eigenvalue weighted by atomic mass is 10.0. The highest BCUT2D eigenvalue weighted by Crippen LogP contribution is 2.41. The van der Waals surface area contributed by atoms with E-state index in [1.54, 1.807) is 29.2 Å². The Bertz CT molecular complexity index is 945. The molecule has 8 heteroatoms. The van der Waals surface area contributed by atoms with Crippen molar-refractivity contribution in [3.05, 3.63) is 40.3 Å². The fourth-order valence-electron chi connectivity index (χ4n) is 3.95. The number of amides is 1. The zero-order valence-electron chi connectivity index (χ0n) is 15.3. The third kappa shape index (κ3) is 3.53. The van der Waals surface area contributed by atoms with Gasteiger partial charge in [-0.25, -0.2) is 13.4 Å². The lowest BCUT2D eigenvalue weighted by Gasteiger charge is -2.28. The van der Waals surface area contributed by atoms with Crippen molar-refractivity contribution in [1.82, 2.24) is 9.71 Å². The molecule has 6 nitrogen and oxygen atoms in total. The maximum absolute atomic E-state index is 13.1. The number of nitrogens with one attached hydrogen (secondary N) is 1. The van der Waals surface area contributed by atoms with Gasteiger partial charge < -0.3 is 4.90 Å². The van der Waals surface area contributed by atoms with Gasteiger partial charge in [0.1, 0.15) is 5.01 Å². The Labute approximate surface area is 163 Å². The molecule has 1 saturated carbocycles. The summed E-state index contributed by atoms with van der Waals surface area (Å²) in [6, 6.07) is 6.59. The molecule has 1 N–H and O–H groups in total. The Morgan fingerprint density at radius 1 is 1.15 bits per heavy atom. The molecule has 2 heterocycles. The second-order valence-corrected chi connectivity index (χ2v) is 9.87. The van der Waals surface area contributed by atoms with E-state index < -0.39 is 15.6 Å². The molecule has 0 unspecified atom stereocenters. The number of anilines is 1. The van der Waals surface area contributed by atoms with Gasteiger partial charge in [-0.05, 0) is 50.5 Å². The van der Waals surface area contributed by atoms with Crippen molar-refractivity contribution in [2.45, 2.75) is 55.9 Å². The average Bonchev–Trinajstić information content (AvgIpc) is 3.37. The minimum Gasteiger partial charge on any atom is -0.312 e. The van der Waals surface area contributed by atoms with Crippen LogP contribution in [0.4, 0.5) is 5.69 Å². The third-order valence-electron chi connectivity index (χ3n) is 5.35. The summed E-state index contributed by atoms with van der Waals surface area (Å²) in [7, 11) is -3.68. The van der Waals surface area contributed by atoms with E-state index in [9.17, 15) is 13.2 Å². The summed E-state index contributed by atoms with van der Waals surface area (Å²) in [5.41, 5.74) is 1.06. The Balaban J connectivity index is 1.60. The standard InChI is InChI=1S/C19H23N3O3S2/c1-14-13-26-18(20-14)19(10-2-3-11-19)21-27(24,25)16-8-6-15(7-9-16)22-12-4-5-17(22)23/h6-9,13,21H,2-5,10-12H2,1H3. The summed E-state index contributed by atoms with van der Waals surface area (Å²) in [6.07, 6.45) is 4.89. The van der Waals surface area contributed by atoms with Crippen molar-refractivity contribution in [2.24, 2.45) is 0 Å². The molecule has 0 spiro atoms. The fourth-order valence-corrected chi connectivity index (χ4v) is 6.46. The van der Waals surface area contributed by atoms with Gasteiger partial charge in [-0.3, -0.25) is 4.79 Å². The van der Waals surface area contributed by atoms with Crippen molar-refractivity contribution < 1.29 is 13.2 Å². The highest BCUT2D eigenvalue weighted by atomic mass is 32.2. The third-order valence-corrected chi connectivity index (χ3v) is 8.06. The second-order valence-electron chi connectivity index (χ2n) is 7.33. The molecule has 2 aliphatic rings. The van der Waals surface area contributed by atoms with Gasteiger partial charge in [-0.1, -0.05) is 12.8 Å². The molecule has 27 heavy (non-hydrogen) atoms. The number of hydrogen-bond donors (Lipinski definition) is 1. The maximum Gasteiger partial charge on any atom is 0.241 e. The first kappa shape index (κ1) is 18.6. The van der Waals surface area contributed by atoms with Crippen molar-refractivity contribution in [3.8, 4) is 0 Å². The summed E-state index contributed by atoms with van der Waals surface area (Å²) < 4.78 is 29.1. The SMILES string of the molecule is Cc1csc(C2(NS(=O)(=O)c3ccc(N4CCCC4=O)cc3)CCCC2)n1. The largest absolute Gasteiger partial charge is 0.312 e. The predicted octanol–water partition coefficient (Wildman–Crippen LogP) is 3.33. The number of carbonyl (C=O) groups excluding carboxylic acids is 1. The average molecular weight is 406 g/mol. The molecular formula is C19H23N3O3S2. The Morgan fingerprint density at radius 3 is 2.41 bits per heavy atom. The van der Waals surface area contributed by atoms with Gasteiger partial charge in [0.25, 0.3) is 0 Å². The lowest BCUT2D eigenvalue weighted by Crippen LogP contribution is -2.43. The van der Waals surface area contributed by atoms with Gasteiger partial charge >= 0.3 is 0 Å². The minimum absolute atomic E-state index is 0.0905. The molecule has 1 aromatic carbocycles. The molecule has 144 valence electrons. The molecule has 1 aliphatic heterocycles. The van der Waals surface area contributed by atoms with Crippen LogP contribution in [0, 0.1) is 6.92 Å². The van der Waals surface area contributed by atoms with Gasteiger partial charge in [-0.15, -0.1) is 11.3 Å². The van der Waals surface area contributed by atoms with Crippen LogP contribution in [-0.2, 0) is 20.4 Å². The predicted molar refractivity (Wildman–Crippen MR) is 105 cm³/mol. The van der Waals surface area contributed by atoms with Crippen molar-refractivity contribution in [2.75, 3.05) is 11.4 Å². The number of aromatic nitrogens is 1. The first-order valence-corrected chi connectivity index (χ1v) is 11.6. The van der Waals surface area contributed by atoms with Crippen molar-refractivity contribution >= 4 is 33.0 Å². The van der Waals surface area contributed by atoms with E-state index >= 15 is 0 Å². The van der Waals surface area contributed by atoms with E-state index in [4.69, 9.17) is 0 Å². The summed E-state index contributed by atoms with van der Waals surface area (Å²) in [5.74, 6) is 0.0905. The molecule has 2 aromatic rings. The molecule has 1 amide bonds. The van der Waals surface area contributed by atoms with E-state index in [0.717, 1.165) is 48.5 Å². The lowest BCUT2D eigenvalue weighted by molar-refractivity contribution is -0.117. The number of sulfonamides is 1. The molecule has 0 radical (unpaired) electrons. The summed E-state index contributed by atoms with van der Waals surface area (Å²) in [5, 5.41) is 2.81. The number of rotatable bonds is 5. The van der Waals surface area contributed by atoms with Gasteiger partial charge in [0, 0.05) is 29.7 Å². The van der Waals surface area contributed by atoms with Crippen LogP contribution in [0.1, 0.15) is 49.2 Å². The maximum atomic E-state index is 13.1. The summed E-state index contributed by atoms with van der Waals surface area (Å²) in [6.45, 7) is 2.62. The topological polar surface area (TPSA) is 79.4 Å². The van der Waals surface area contributed by atoms with Crippen LogP contribution in [0.25, 0.3) is 0 Å². The van der Waals surface area contributed by atoms with E-state index in [0.29, 0.717) is 13.0 Å². The normalized spacial score (nSPS) is 19.7.